The van der Waals surface area contributed by atoms with Gasteiger partial charge in [0.1, 0.15) is 0 Å². The third-order valence-corrected chi connectivity index (χ3v) is 5.55. The molecule has 0 atom stereocenters. The zero-order valence-corrected chi connectivity index (χ0v) is 14.6. The Morgan fingerprint density at radius 2 is 2.00 bits per heavy atom. The topological polar surface area (TPSA) is 43.6 Å². The van der Waals surface area contributed by atoms with Crippen LogP contribution >= 0.6 is 34.7 Å². The summed E-state index contributed by atoms with van der Waals surface area (Å²) in [5, 5.41) is 12.1. The third kappa shape index (κ3) is 3.73. The lowest BCUT2D eigenvalue weighted by atomic mass is 10.2. The average Bonchev–Trinajstić information content (AvgIpc) is 3.12. The number of nitrogens with zero attached hydrogens (tertiary/aromatic N) is 4. The van der Waals surface area contributed by atoms with Crippen LogP contribution in [-0.2, 0) is 19.0 Å². The number of alkyl halides is 3. The quantitative estimate of drug-likeness (QED) is 0.594. The number of aromatic nitrogens is 4. The fourth-order valence-corrected chi connectivity index (χ4v) is 4.13. The molecule has 0 saturated heterocycles. The van der Waals surface area contributed by atoms with Gasteiger partial charge in [0.15, 0.2) is 15.0 Å². The standard InChI is InChI=1S/C14H10ClF3N4S2/c1-22-6-9(11(21-22)14(16,17)18)12-19-20-13(24-12)23-7-8-4-2-3-5-10(8)15/h2-6H,7H2,1H3. The summed E-state index contributed by atoms with van der Waals surface area (Å²) in [6.07, 6.45) is -3.24. The Bertz CT molecular complexity index is 860. The van der Waals surface area contributed by atoms with Crippen LogP contribution in [0, 0.1) is 0 Å². The molecule has 0 aliphatic carbocycles. The molecule has 10 heteroatoms. The van der Waals surface area contributed by atoms with E-state index in [0.717, 1.165) is 21.6 Å². The monoisotopic (exact) mass is 390 g/mol. The first kappa shape index (κ1) is 17.2. The molecule has 3 aromatic rings. The van der Waals surface area contributed by atoms with Gasteiger partial charge in [-0.1, -0.05) is 52.9 Å². The summed E-state index contributed by atoms with van der Waals surface area (Å²) < 4.78 is 40.8. The summed E-state index contributed by atoms with van der Waals surface area (Å²) in [6.45, 7) is 0. The molecule has 24 heavy (non-hydrogen) atoms. The zero-order chi connectivity index (χ0) is 17.3. The summed E-state index contributed by atoms with van der Waals surface area (Å²) in [7, 11) is 1.44. The van der Waals surface area contributed by atoms with Crippen LogP contribution in [0.1, 0.15) is 11.3 Å². The van der Waals surface area contributed by atoms with Crippen LogP contribution in [0.25, 0.3) is 10.6 Å². The highest BCUT2D eigenvalue weighted by Gasteiger charge is 2.38. The highest BCUT2D eigenvalue weighted by Crippen LogP contribution is 2.38. The molecule has 3 rings (SSSR count). The maximum Gasteiger partial charge on any atom is 0.435 e. The first-order valence-corrected chi connectivity index (χ1v) is 8.83. The minimum Gasteiger partial charge on any atom is -0.274 e. The van der Waals surface area contributed by atoms with Gasteiger partial charge < -0.3 is 0 Å². The van der Waals surface area contributed by atoms with Crippen LogP contribution in [-0.4, -0.2) is 20.0 Å². The second kappa shape index (κ2) is 6.73. The van der Waals surface area contributed by atoms with Crippen molar-refractivity contribution in [3.63, 3.8) is 0 Å². The molecule has 0 aliphatic heterocycles. The molecule has 0 spiro atoms. The largest absolute Gasteiger partial charge is 0.435 e. The van der Waals surface area contributed by atoms with Gasteiger partial charge in [-0.3, -0.25) is 4.68 Å². The Hall–Kier alpha value is -1.58. The summed E-state index contributed by atoms with van der Waals surface area (Å²) in [5.74, 6) is 0.563. The molecule has 1 aromatic carbocycles. The summed E-state index contributed by atoms with van der Waals surface area (Å²) in [4.78, 5) is 0. The van der Waals surface area contributed by atoms with Crippen molar-refractivity contribution >= 4 is 34.7 Å². The SMILES string of the molecule is Cn1cc(-c2nnc(SCc3ccccc3Cl)s2)c(C(F)(F)F)n1. The van der Waals surface area contributed by atoms with E-state index in [1.807, 2.05) is 18.2 Å². The van der Waals surface area contributed by atoms with Gasteiger partial charge in [-0.25, -0.2) is 0 Å². The van der Waals surface area contributed by atoms with E-state index in [1.165, 1.54) is 25.0 Å². The normalized spacial score (nSPS) is 11.9. The van der Waals surface area contributed by atoms with Crippen molar-refractivity contribution in [2.45, 2.75) is 16.3 Å². The van der Waals surface area contributed by atoms with Crippen molar-refractivity contribution in [2.75, 3.05) is 0 Å². The van der Waals surface area contributed by atoms with Crippen LogP contribution in [0.15, 0.2) is 34.8 Å². The van der Waals surface area contributed by atoms with E-state index in [0.29, 0.717) is 15.1 Å². The van der Waals surface area contributed by atoms with Crippen molar-refractivity contribution in [3.05, 3.63) is 46.7 Å². The van der Waals surface area contributed by atoms with Crippen LogP contribution < -0.4 is 0 Å². The van der Waals surface area contributed by atoms with Crippen molar-refractivity contribution in [2.24, 2.45) is 7.05 Å². The van der Waals surface area contributed by atoms with Crippen LogP contribution in [0.5, 0.6) is 0 Å². The van der Waals surface area contributed by atoms with E-state index in [1.54, 1.807) is 6.07 Å². The number of hydrogen-bond donors (Lipinski definition) is 0. The number of benzene rings is 1. The minimum absolute atomic E-state index is 0.0629. The van der Waals surface area contributed by atoms with Gasteiger partial charge in [0.05, 0.1) is 5.56 Å². The van der Waals surface area contributed by atoms with E-state index in [2.05, 4.69) is 15.3 Å². The maximum atomic E-state index is 13.0. The Morgan fingerprint density at radius 3 is 2.71 bits per heavy atom. The van der Waals surface area contributed by atoms with E-state index in [9.17, 15) is 13.2 Å². The molecule has 0 unspecified atom stereocenters. The first-order chi connectivity index (χ1) is 11.3. The molecule has 4 nitrogen and oxygen atoms in total. The molecule has 0 radical (unpaired) electrons. The van der Waals surface area contributed by atoms with Crippen molar-refractivity contribution in [1.29, 1.82) is 0 Å². The smallest absolute Gasteiger partial charge is 0.274 e. The van der Waals surface area contributed by atoms with Gasteiger partial charge in [0.25, 0.3) is 0 Å². The highest BCUT2D eigenvalue weighted by atomic mass is 35.5. The fourth-order valence-electron chi connectivity index (χ4n) is 1.99. The maximum absolute atomic E-state index is 13.0. The predicted molar refractivity (Wildman–Crippen MR) is 88.1 cm³/mol. The molecule has 2 heterocycles. The lowest BCUT2D eigenvalue weighted by molar-refractivity contribution is -0.140. The molecule has 0 amide bonds. The minimum atomic E-state index is -4.53. The molecular weight excluding hydrogens is 381 g/mol. The average molecular weight is 391 g/mol. The highest BCUT2D eigenvalue weighted by molar-refractivity contribution is 8.00. The van der Waals surface area contributed by atoms with Gasteiger partial charge in [0.2, 0.25) is 0 Å². The molecule has 0 bridgehead atoms. The predicted octanol–water partition coefficient (Wildman–Crippen LogP) is 4.90. The molecule has 126 valence electrons. The lowest BCUT2D eigenvalue weighted by Gasteiger charge is -2.03. The van der Waals surface area contributed by atoms with Gasteiger partial charge in [-0.15, -0.1) is 10.2 Å². The Kier molecular flexibility index (Phi) is 4.84. The molecule has 2 aromatic heterocycles. The molecule has 0 fully saturated rings. The van der Waals surface area contributed by atoms with Gasteiger partial charge in [-0.2, -0.15) is 18.3 Å². The second-order valence-electron chi connectivity index (χ2n) is 4.82. The lowest BCUT2D eigenvalue weighted by Crippen LogP contribution is -2.08. The first-order valence-electron chi connectivity index (χ1n) is 6.65. The molecule has 0 aliphatic rings. The van der Waals surface area contributed by atoms with Gasteiger partial charge in [-0.05, 0) is 11.6 Å². The Morgan fingerprint density at radius 1 is 1.25 bits per heavy atom. The van der Waals surface area contributed by atoms with Gasteiger partial charge in [0, 0.05) is 24.0 Å². The summed E-state index contributed by atoms with van der Waals surface area (Å²) in [6, 6.07) is 7.38. The van der Waals surface area contributed by atoms with Crippen LogP contribution in [0.2, 0.25) is 5.02 Å². The van der Waals surface area contributed by atoms with E-state index in [4.69, 9.17) is 11.6 Å². The van der Waals surface area contributed by atoms with E-state index >= 15 is 0 Å². The van der Waals surface area contributed by atoms with Gasteiger partial charge >= 0.3 is 6.18 Å². The van der Waals surface area contributed by atoms with Crippen LogP contribution in [0.3, 0.4) is 0 Å². The fraction of sp³-hybridized carbons (Fsp3) is 0.214. The molecule has 0 N–H and O–H groups in total. The summed E-state index contributed by atoms with van der Waals surface area (Å²) >= 11 is 8.56. The molecular formula is C14H10ClF3N4S2. The Balaban J connectivity index is 1.81. The zero-order valence-electron chi connectivity index (χ0n) is 12.2. The van der Waals surface area contributed by atoms with Crippen molar-refractivity contribution < 1.29 is 13.2 Å². The van der Waals surface area contributed by atoms with Crippen LogP contribution in [0.4, 0.5) is 13.2 Å². The Labute approximate surface area is 148 Å². The second-order valence-corrected chi connectivity index (χ2v) is 7.42. The van der Waals surface area contributed by atoms with Crippen molar-refractivity contribution in [3.8, 4) is 10.6 Å². The number of halogens is 4. The third-order valence-electron chi connectivity index (χ3n) is 3.04. The number of thioether (sulfide) groups is 1. The number of rotatable bonds is 4. The van der Waals surface area contributed by atoms with E-state index < -0.39 is 11.9 Å². The summed E-state index contributed by atoms with van der Waals surface area (Å²) in [5.41, 5.74) is -0.0887. The number of hydrogen-bond acceptors (Lipinski definition) is 5. The molecule has 0 saturated carbocycles. The van der Waals surface area contributed by atoms with Crippen molar-refractivity contribution in [1.82, 2.24) is 20.0 Å². The van der Waals surface area contributed by atoms with E-state index in [-0.39, 0.29) is 10.6 Å². The number of aryl methyl sites for hydroxylation is 1.